The molecular weight excluding hydrogens is 284 g/mol. The van der Waals surface area contributed by atoms with Crippen LogP contribution in [-0.2, 0) is 11.8 Å². The lowest BCUT2D eigenvalue weighted by Gasteiger charge is -2.16. The van der Waals surface area contributed by atoms with E-state index in [0.717, 1.165) is 28.9 Å². The van der Waals surface area contributed by atoms with E-state index in [1.54, 1.807) is 23.5 Å². The van der Waals surface area contributed by atoms with Crippen LogP contribution in [0.15, 0.2) is 29.4 Å². The molecule has 5 nitrogen and oxygen atoms in total. The summed E-state index contributed by atoms with van der Waals surface area (Å²) in [6.45, 7) is 6.23. The van der Waals surface area contributed by atoms with Crippen LogP contribution in [0.5, 0.6) is 5.75 Å². The number of nitrogens with zero attached hydrogens (tertiary/aromatic N) is 3. The number of ether oxygens (including phenoxy) is 1. The third-order valence-corrected chi connectivity index (χ3v) is 4.06. The van der Waals surface area contributed by atoms with E-state index in [-0.39, 0.29) is 5.41 Å². The van der Waals surface area contributed by atoms with Crippen molar-refractivity contribution in [2.45, 2.75) is 37.8 Å². The van der Waals surface area contributed by atoms with Crippen molar-refractivity contribution >= 4 is 11.8 Å². The maximum atomic E-state index is 6.06. The molecule has 6 heteroatoms. The zero-order chi connectivity index (χ0) is 15.5. The molecule has 0 saturated heterocycles. The number of nitrogen functional groups attached to an aromatic ring is 1. The molecule has 0 aliphatic heterocycles. The van der Waals surface area contributed by atoms with Crippen LogP contribution in [0.4, 0.5) is 0 Å². The third kappa shape index (κ3) is 3.91. The summed E-state index contributed by atoms with van der Waals surface area (Å²) in [4.78, 5) is 0. The van der Waals surface area contributed by atoms with Crippen molar-refractivity contribution < 1.29 is 4.74 Å². The average Bonchev–Trinajstić information content (AvgIpc) is 2.81. The number of thioether (sulfide) groups is 1. The molecule has 0 atom stereocenters. The summed E-state index contributed by atoms with van der Waals surface area (Å²) in [5.74, 6) is 8.65. The van der Waals surface area contributed by atoms with Gasteiger partial charge < -0.3 is 10.6 Å². The SMILES string of the molecule is COc1ccc(CCSc2nnc(C(C)(C)C)n2N)cc1. The lowest BCUT2D eigenvalue weighted by Crippen LogP contribution is -2.24. The van der Waals surface area contributed by atoms with Gasteiger partial charge in [0.15, 0.2) is 5.82 Å². The fraction of sp³-hybridized carbons (Fsp3) is 0.467. The van der Waals surface area contributed by atoms with E-state index >= 15 is 0 Å². The van der Waals surface area contributed by atoms with Crippen LogP contribution in [0.25, 0.3) is 0 Å². The quantitative estimate of drug-likeness (QED) is 0.679. The monoisotopic (exact) mass is 306 g/mol. The van der Waals surface area contributed by atoms with Gasteiger partial charge in [0.25, 0.3) is 0 Å². The van der Waals surface area contributed by atoms with Crippen LogP contribution in [0.2, 0.25) is 0 Å². The molecule has 0 unspecified atom stereocenters. The summed E-state index contributed by atoms with van der Waals surface area (Å²) in [6.07, 6.45) is 0.951. The van der Waals surface area contributed by atoms with Gasteiger partial charge in [-0.25, -0.2) is 4.68 Å². The maximum absolute atomic E-state index is 6.06. The van der Waals surface area contributed by atoms with Gasteiger partial charge in [-0.05, 0) is 24.1 Å². The fourth-order valence-electron chi connectivity index (χ4n) is 1.94. The molecule has 2 N–H and O–H groups in total. The fourth-order valence-corrected chi connectivity index (χ4v) is 2.78. The number of hydrogen-bond acceptors (Lipinski definition) is 5. The van der Waals surface area contributed by atoms with Crippen LogP contribution >= 0.6 is 11.8 Å². The molecule has 0 saturated carbocycles. The molecule has 2 aromatic rings. The van der Waals surface area contributed by atoms with Crippen LogP contribution < -0.4 is 10.6 Å². The van der Waals surface area contributed by atoms with Gasteiger partial charge in [0.2, 0.25) is 5.16 Å². The van der Waals surface area contributed by atoms with Crippen molar-refractivity contribution in [3.8, 4) is 5.75 Å². The van der Waals surface area contributed by atoms with Crippen molar-refractivity contribution in [2.24, 2.45) is 0 Å². The zero-order valence-corrected chi connectivity index (χ0v) is 13.8. The second-order valence-corrected chi connectivity index (χ2v) is 6.93. The summed E-state index contributed by atoms with van der Waals surface area (Å²) in [5, 5.41) is 9.12. The third-order valence-electron chi connectivity index (χ3n) is 3.12. The summed E-state index contributed by atoms with van der Waals surface area (Å²) >= 11 is 1.62. The minimum absolute atomic E-state index is 0.101. The number of nitrogens with two attached hydrogens (primary N) is 1. The van der Waals surface area contributed by atoms with E-state index in [1.165, 1.54) is 5.56 Å². The Kier molecular flexibility index (Phi) is 4.77. The second-order valence-electron chi connectivity index (χ2n) is 5.87. The van der Waals surface area contributed by atoms with Crippen LogP contribution in [0, 0.1) is 0 Å². The maximum Gasteiger partial charge on any atom is 0.209 e. The van der Waals surface area contributed by atoms with Crippen molar-refractivity contribution in [2.75, 3.05) is 18.7 Å². The summed E-state index contributed by atoms with van der Waals surface area (Å²) in [7, 11) is 1.67. The Balaban J connectivity index is 1.93. The number of rotatable bonds is 5. The molecule has 0 fully saturated rings. The molecule has 0 radical (unpaired) electrons. The smallest absolute Gasteiger partial charge is 0.209 e. The highest BCUT2D eigenvalue weighted by Gasteiger charge is 2.22. The molecule has 1 aromatic heterocycles. The van der Waals surface area contributed by atoms with Gasteiger partial charge in [0.1, 0.15) is 5.75 Å². The minimum atomic E-state index is -0.101. The van der Waals surface area contributed by atoms with Gasteiger partial charge in [0, 0.05) is 11.2 Å². The highest BCUT2D eigenvalue weighted by molar-refractivity contribution is 7.99. The Hall–Kier alpha value is -1.69. The number of aromatic nitrogens is 3. The number of aryl methyl sites for hydroxylation is 1. The van der Waals surface area contributed by atoms with Gasteiger partial charge in [-0.2, -0.15) is 0 Å². The van der Waals surface area contributed by atoms with Crippen molar-refractivity contribution in [1.82, 2.24) is 14.9 Å². The molecule has 0 aliphatic carbocycles. The molecule has 0 bridgehead atoms. The number of methoxy groups -OCH3 is 1. The lowest BCUT2D eigenvalue weighted by molar-refractivity contribution is 0.414. The second kappa shape index (κ2) is 6.39. The van der Waals surface area contributed by atoms with Crippen molar-refractivity contribution in [3.63, 3.8) is 0 Å². The topological polar surface area (TPSA) is 66.0 Å². The van der Waals surface area contributed by atoms with E-state index in [0.29, 0.717) is 0 Å². The Morgan fingerprint density at radius 3 is 2.38 bits per heavy atom. The Labute approximate surface area is 129 Å². The van der Waals surface area contributed by atoms with Gasteiger partial charge >= 0.3 is 0 Å². The van der Waals surface area contributed by atoms with E-state index in [4.69, 9.17) is 10.6 Å². The van der Waals surface area contributed by atoms with Gasteiger partial charge in [-0.15, -0.1) is 10.2 Å². The van der Waals surface area contributed by atoms with E-state index in [1.807, 2.05) is 12.1 Å². The van der Waals surface area contributed by atoms with E-state index in [9.17, 15) is 0 Å². The molecule has 114 valence electrons. The standard InChI is InChI=1S/C15H22N4OS/c1-15(2,3)13-17-18-14(19(13)16)21-10-9-11-5-7-12(20-4)8-6-11/h5-8H,9-10,16H2,1-4H3. The Morgan fingerprint density at radius 1 is 1.19 bits per heavy atom. The van der Waals surface area contributed by atoms with Crippen molar-refractivity contribution in [3.05, 3.63) is 35.7 Å². The van der Waals surface area contributed by atoms with Crippen LogP contribution in [0.1, 0.15) is 32.2 Å². The van der Waals surface area contributed by atoms with Crippen LogP contribution in [0.3, 0.4) is 0 Å². The predicted molar refractivity (Wildman–Crippen MR) is 86.3 cm³/mol. The van der Waals surface area contributed by atoms with Crippen molar-refractivity contribution in [1.29, 1.82) is 0 Å². The van der Waals surface area contributed by atoms with Crippen LogP contribution in [-0.4, -0.2) is 27.7 Å². The first kappa shape index (κ1) is 15.7. The number of hydrogen-bond donors (Lipinski definition) is 1. The molecule has 1 aromatic carbocycles. The molecule has 21 heavy (non-hydrogen) atoms. The van der Waals surface area contributed by atoms with Gasteiger partial charge in [-0.1, -0.05) is 44.7 Å². The number of benzene rings is 1. The summed E-state index contributed by atoms with van der Waals surface area (Å²) in [5.41, 5.74) is 1.17. The Morgan fingerprint density at radius 2 is 1.86 bits per heavy atom. The minimum Gasteiger partial charge on any atom is -0.497 e. The molecule has 0 aliphatic rings. The zero-order valence-electron chi connectivity index (χ0n) is 13.0. The summed E-state index contributed by atoms with van der Waals surface area (Å²) < 4.78 is 6.75. The average molecular weight is 306 g/mol. The van der Waals surface area contributed by atoms with E-state index < -0.39 is 0 Å². The lowest BCUT2D eigenvalue weighted by atomic mass is 9.96. The predicted octanol–water partition coefficient (Wildman–Crippen LogP) is 2.63. The van der Waals surface area contributed by atoms with Gasteiger partial charge in [-0.3, -0.25) is 0 Å². The first-order chi connectivity index (χ1) is 9.91. The van der Waals surface area contributed by atoms with Gasteiger partial charge in [0.05, 0.1) is 7.11 Å². The molecule has 0 spiro atoms. The Bertz CT molecular complexity index is 587. The first-order valence-electron chi connectivity index (χ1n) is 6.88. The first-order valence-corrected chi connectivity index (χ1v) is 7.87. The molecular formula is C15H22N4OS. The largest absolute Gasteiger partial charge is 0.497 e. The molecule has 0 amide bonds. The molecule has 1 heterocycles. The summed E-state index contributed by atoms with van der Waals surface area (Å²) in [6, 6.07) is 8.10. The highest BCUT2D eigenvalue weighted by atomic mass is 32.2. The highest BCUT2D eigenvalue weighted by Crippen LogP contribution is 2.23. The molecule has 2 rings (SSSR count). The normalized spacial score (nSPS) is 11.6. The van der Waals surface area contributed by atoms with E-state index in [2.05, 4.69) is 43.1 Å².